The quantitative estimate of drug-likeness (QED) is 0.249. The maximum atomic E-state index is 13.5. The van der Waals surface area contributed by atoms with Crippen LogP contribution in [0.4, 0.5) is 0 Å². The maximum absolute atomic E-state index is 13.5. The number of nitrogens with one attached hydrogen (secondary N) is 1. The summed E-state index contributed by atoms with van der Waals surface area (Å²) < 4.78 is 12.5. The van der Waals surface area contributed by atoms with E-state index in [9.17, 15) is 14.4 Å². The molecule has 1 saturated heterocycles. The van der Waals surface area contributed by atoms with Crippen LogP contribution in [0.5, 0.6) is 0 Å². The third-order valence-corrected chi connectivity index (χ3v) is 8.16. The number of fused-ring (bicyclic) bond motifs is 1. The minimum atomic E-state index is -0.466. The summed E-state index contributed by atoms with van der Waals surface area (Å²) in [5, 5.41) is 4.27. The van der Waals surface area contributed by atoms with Crippen LogP contribution in [0.2, 0.25) is 5.02 Å². The molecular formula is C24H26ClN3O5S2. The molecule has 1 aliphatic heterocycles. The van der Waals surface area contributed by atoms with Gasteiger partial charge in [-0.3, -0.25) is 14.2 Å². The van der Waals surface area contributed by atoms with Crippen molar-refractivity contribution in [2.75, 3.05) is 19.0 Å². The lowest BCUT2D eigenvalue weighted by atomic mass is 10.2. The van der Waals surface area contributed by atoms with Gasteiger partial charge in [0, 0.05) is 18.2 Å². The summed E-state index contributed by atoms with van der Waals surface area (Å²) in [6.07, 6.45) is 1.69. The Morgan fingerprint density at radius 2 is 2.17 bits per heavy atom. The van der Waals surface area contributed by atoms with Crippen LogP contribution in [0, 0.1) is 6.92 Å². The van der Waals surface area contributed by atoms with Crippen LogP contribution < -0.4 is 10.9 Å². The smallest absolute Gasteiger partial charge is 0.348 e. The SMILES string of the molecule is CCOC(=O)c1sc2nc(SCC(=O)NCc3ccccc3Cl)n(C[C@@H]3CCCO3)c(=O)c2c1C. The Labute approximate surface area is 216 Å². The van der Waals surface area contributed by atoms with Crippen LogP contribution in [0.3, 0.4) is 0 Å². The highest BCUT2D eigenvalue weighted by Crippen LogP contribution is 2.30. The van der Waals surface area contributed by atoms with Gasteiger partial charge in [0.1, 0.15) is 9.71 Å². The van der Waals surface area contributed by atoms with Gasteiger partial charge in [0.25, 0.3) is 5.56 Å². The van der Waals surface area contributed by atoms with Gasteiger partial charge in [-0.15, -0.1) is 11.3 Å². The molecule has 35 heavy (non-hydrogen) atoms. The van der Waals surface area contributed by atoms with Crippen molar-refractivity contribution in [2.24, 2.45) is 0 Å². The number of thiophene rings is 1. The average molecular weight is 536 g/mol. The Bertz CT molecular complexity index is 1300. The number of carbonyl (C=O) groups is 2. The maximum Gasteiger partial charge on any atom is 0.348 e. The molecule has 1 amide bonds. The van der Waals surface area contributed by atoms with Crippen LogP contribution in [0.1, 0.15) is 40.6 Å². The number of benzene rings is 1. The summed E-state index contributed by atoms with van der Waals surface area (Å²) in [6, 6.07) is 7.32. The van der Waals surface area contributed by atoms with E-state index in [4.69, 9.17) is 21.1 Å². The van der Waals surface area contributed by atoms with Gasteiger partial charge in [-0.25, -0.2) is 9.78 Å². The van der Waals surface area contributed by atoms with Crippen LogP contribution in [-0.2, 0) is 27.4 Å². The van der Waals surface area contributed by atoms with Gasteiger partial charge in [0.2, 0.25) is 5.91 Å². The van der Waals surface area contributed by atoms with Crippen molar-refractivity contribution < 1.29 is 19.1 Å². The molecule has 8 nitrogen and oxygen atoms in total. The van der Waals surface area contributed by atoms with E-state index in [1.54, 1.807) is 24.5 Å². The molecule has 0 spiro atoms. The molecule has 1 fully saturated rings. The topological polar surface area (TPSA) is 99.5 Å². The molecule has 3 heterocycles. The number of nitrogens with zero attached hydrogens (tertiary/aromatic N) is 2. The number of hydrogen-bond acceptors (Lipinski definition) is 8. The standard InChI is InChI=1S/C24H26ClN3O5S2/c1-3-32-23(31)20-14(2)19-21(35-20)27-24(28(22(19)30)12-16-8-6-10-33-16)34-13-18(29)26-11-15-7-4-5-9-17(15)25/h4-5,7,9,16H,3,6,8,10-13H2,1-2H3,(H,26,29)/t16-/m0/s1. The second-order valence-electron chi connectivity index (χ2n) is 8.06. The van der Waals surface area contributed by atoms with E-state index in [1.807, 2.05) is 18.2 Å². The third-order valence-electron chi connectivity index (χ3n) is 5.65. The summed E-state index contributed by atoms with van der Waals surface area (Å²) in [7, 11) is 0. The number of thioether (sulfide) groups is 1. The van der Waals surface area contributed by atoms with E-state index in [-0.39, 0.29) is 29.9 Å². The van der Waals surface area contributed by atoms with E-state index in [1.165, 1.54) is 11.8 Å². The monoisotopic (exact) mass is 535 g/mol. The van der Waals surface area contributed by atoms with Gasteiger partial charge < -0.3 is 14.8 Å². The summed E-state index contributed by atoms with van der Waals surface area (Å²) in [4.78, 5) is 44.0. The van der Waals surface area contributed by atoms with Crippen molar-refractivity contribution in [3.8, 4) is 0 Å². The number of halogens is 1. The Hall–Kier alpha value is -2.40. The average Bonchev–Trinajstić information content (AvgIpc) is 3.47. The highest BCUT2D eigenvalue weighted by atomic mass is 35.5. The molecule has 1 aliphatic rings. The highest BCUT2D eigenvalue weighted by molar-refractivity contribution is 7.99. The normalized spacial score (nSPS) is 15.5. The van der Waals surface area contributed by atoms with Crippen LogP contribution >= 0.6 is 34.7 Å². The summed E-state index contributed by atoms with van der Waals surface area (Å²) in [5.41, 5.74) is 1.15. The molecule has 0 radical (unpaired) electrons. The minimum absolute atomic E-state index is 0.0724. The fourth-order valence-electron chi connectivity index (χ4n) is 3.87. The highest BCUT2D eigenvalue weighted by Gasteiger charge is 2.25. The zero-order chi connectivity index (χ0) is 24.9. The molecule has 3 aromatic rings. The molecule has 1 N–H and O–H groups in total. The van der Waals surface area contributed by atoms with Gasteiger partial charge in [-0.05, 0) is 43.9 Å². The number of amides is 1. The fraction of sp³-hybridized carbons (Fsp3) is 0.417. The first-order chi connectivity index (χ1) is 16.9. The van der Waals surface area contributed by atoms with Gasteiger partial charge in [0.05, 0.1) is 30.4 Å². The van der Waals surface area contributed by atoms with Gasteiger partial charge in [0.15, 0.2) is 5.16 Å². The number of aromatic nitrogens is 2. The van der Waals surface area contributed by atoms with E-state index in [2.05, 4.69) is 10.3 Å². The number of aryl methyl sites for hydroxylation is 1. The zero-order valence-electron chi connectivity index (χ0n) is 19.5. The lowest BCUT2D eigenvalue weighted by Gasteiger charge is -2.16. The number of esters is 1. The molecule has 0 saturated carbocycles. The molecule has 0 unspecified atom stereocenters. The van der Waals surface area contributed by atoms with E-state index in [0.29, 0.717) is 50.5 Å². The zero-order valence-corrected chi connectivity index (χ0v) is 21.9. The van der Waals surface area contributed by atoms with Crippen molar-refractivity contribution in [3.05, 3.63) is 55.6 Å². The lowest BCUT2D eigenvalue weighted by Crippen LogP contribution is -2.30. The van der Waals surface area contributed by atoms with Crippen molar-refractivity contribution in [2.45, 2.75) is 51.0 Å². The summed E-state index contributed by atoms with van der Waals surface area (Å²) in [6.45, 7) is 5.02. The summed E-state index contributed by atoms with van der Waals surface area (Å²) >= 11 is 8.48. The van der Waals surface area contributed by atoms with Gasteiger partial charge >= 0.3 is 5.97 Å². The van der Waals surface area contributed by atoms with Crippen molar-refractivity contribution >= 4 is 56.8 Å². The van der Waals surface area contributed by atoms with Crippen LogP contribution in [-0.4, -0.2) is 46.5 Å². The van der Waals surface area contributed by atoms with E-state index in [0.717, 1.165) is 29.7 Å². The Balaban J connectivity index is 1.59. The molecule has 4 rings (SSSR count). The van der Waals surface area contributed by atoms with E-state index >= 15 is 0 Å². The first-order valence-corrected chi connectivity index (χ1v) is 13.5. The molecule has 1 aromatic carbocycles. The number of carbonyl (C=O) groups excluding carboxylic acids is 2. The second-order valence-corrected chi connectivity index (χ2v) is 10.4. The Morgan fingerprint density at radius 1 is 1.37 bits per heavy atom. The van der Waals surface area contributed by atoms with Gasteiger partial charge in [-0.1, -0.05) is 41.6 Å². The second kappa shape index (κ2) is 11.6. The molecule has 11 heteroatoms. The first kappa shape index (κ1) is 25.7. The largest absolute Gasteiger partial charge is 0.462 e. The van der Waals surface area contributed by atoms with Crippen LogP contribution in [0.25, 0.3) is 10.2 Å². The van der Waals surface area contributed by atoms with Crippen molar-refractivity contribution in [3.63, 3.8) is 0 Å². The molecule has 0 bridgehead atoms. The molecular weight excluding hydrogens is 510 g/mol. The van der Waals surface area contributed by atoms with Gasteiger partial charge in [-0.2, -0.15) is 0 Å². The lowest BCUT2D eigenvalue weighted by molar-refractivity contribution is -0.118. The number of ether oxygens (including phenoxy) is 2. The molecule has 186 valence electrons. The first-order valence-electron chi connectivity index (χ1n) is 11.3. The predicted octanol–water partition coefficient (Wildman–Crippen LogP) is 4.18. The van der Waals surface area contributed by atoms with Crippen LogP contribution in [0.15, 0.2) is 34.2 Å². The number of rotatable bonds is 9. The fourth-order valence-corrected chi connectivity index (χ4v) is 6.03. The Kier molecular flexibility index (Phi) is 8.48. The number of hydrogen-bond donors (Lipinski definition) is 1. The van der Waals surface area contributed by atoms with E-state index < -0.39 is 5.97 Å². The minimum Gasteiger partial charge on any atom is -0.462 e. The third kappa shape index (κ3) is 5.88. The van der Waals surface area contributed by atoms with Crippen molar-refractivity contribution in [1.29, 1.82) is 0 Å². The molecule has 1 atom stereocenters. The molecule has 0 aliphatic carbocycles. The summed E-state index contributed by atoms with van der Waals surface area (Å²) in [5.74, 6) is -0.600. The van der Waals surface area contributed by atoms with Crippen molar-refractivity contribution in [1.82, 2.24) is 14.9 Å². The molecule has 2 aromatic heterocycles. The Morgan fingerprint density at radius 3 is 2.89 bits per heavy atom. The predicted molar refractivity (Wildman–Crippen MR) is 138 cm³/mol.